The molecule has 0 spiro atoms. The van der Waals surface area contributed by atoms with Gasteiger partial charge < -0.3 is 33.3 Å². The maximum atomic E-state index is 12.9. The number of likely N-dealkylation sites (N-methyl/N-ethyl adjacent to an activating group) is 1. The second-order valence-electron chi connectivity index (χ2n) is 20.5. The summed E-state index contributed by atoms with van der Waals surface area (Å²) in [4.78, 5) is 37.3. The second kappa shape index (κ2) is 55.9. The molecule has 0 aromatic rings. The predicted molar refractivity (Wildman–Crippen MR) is 315 cm³/mol. The van der Waals surface area contributed by atoms with Crippen LogP contribution in [-0.4, -0.2) is 82.3 Å². The van der Waals surface area contributed by atoms with Crippen molar-refractivity contribution in [2.24, 2.45) is 0 Å². The van der Waals surface area contributed by atoms with Gasteiger partial charge in [-0.25, -0.2) is 0 Å². The molecule has 2 atom stereocenters. The number of rotatable bonds is 53. The van der Waals surface area contributed by atoms with E-state index in [2.05, 4.69) is 135 Å². The Morgan fingerprint density at radius 3 is 1.07 bits per heavy atom. The molecule has 0 aromatic carbocycles. The summed E-state index contributed by atoms with van der Waals surface area (Å²) in [7, 11) is 5.91. The lowest BCUT2D eigenvalue weighted by Gasteiger charge is -2.26. The zero-order valence-corrected chi connectivity index (χ0v) is 48.4. The van der Waals surface area contributed by atoms with Crippen molar-refractivity contribution in [3.8, 4) is 0 Å². The number of carboxylic acid groups (broad SMARTS) is 1. The van der Waals surface area contributed by atoms with Gasteiger partial charge in [0.25, 0.3) is 0 Å². The maximum Gasteiger partial charge on any atom is 0.306 e. The van der Waals surface area contributed by atoms with E-state index in [-0.39, 0.29) is 38.6 Å². The van der Waals surface area contributed by atoms with Crippen LogP contribution in [0.1, 0.15) is 219 Å². The van der Waals surface area contributed by atoms with Gasteiger partial charge in [-0.1, -0.05) is 225 Å². The Bertz CT molecular complexity index is 1640. The molecule has 0 amide bonds. The molecule has 0 aromatic heterocycles. The molecular formula is C66H109NO8. The van der Waals surface area contributed by atoms with E-state index in [4.69, 9.17) is 18.9 Å². The quantitative estimate of drug-likeness (QED) is 0.0195. The lowest BCUT2D eigenvalue weighted by molar-refractivity contribution is -0.870. The number of nitrogens with zero attached hydrogens (tertiary/aromatic N) is 1. The highest BCUT2D eigenvalue weighted by molar-refractivity contribution is 5.70. The van der Waals surface area contributed by atoms with Crippen molar-refractivity contribution in [2.75, 3.05) is 47.5 Å². The molecule has 0 saturated heterocycles. The first kappa shape index (κ1) is 70.7. The minimum atomic E-state index is -1.63. The fourth-order valence-electron chi connectivity index (χ4n) is 7.71. The molecule has 0 aliphatic carbocycles. The SMILES string of the molecule is CC/C=C\C/C=C\C/C=C\C/C=C\C/C=C\C/C=C\CCCCCCCCCCCCC(=O)OC(COC(=O)CCCCCCCCCC/C=C\C/C=C\C/C=C\C/C=C\CC)COC(OCC[N+](C)(C)C)C(=O)[O-]. The number of allylic oxidation sites excluding steroid dienone is 20. The van der Waals surface area contributed by atoms with Crippen LogP contribution in [-0.2, 0) is 33.3 Å². The lowest BCUT2D eigenvalue weighted by Crippen LogP contribution is -2.44. The second-order valence-corrected chi connectivity index (χ2v) is 20.5. The predicted octanol–water partition coefficient (Wildman–Crippen LogP) is 16.3. The monoisotopic (exact) mass is 1040 g/mol. The molecule has 426 valence electrons. The summed E-state index contributed by atoms with van der Waals surface area (Å²) in [6.45, 7) is 4.50. The molecule has 0 saturated carbocycles. The Balaban J connectivity index is 4.28. The first-order valence-corrected chi connectivity index (χ1v) is 29.7. The largest absolute Gasteiger partial charge is 0.545 e. The van der Waals surface area contributed by atoms with Gasteiger partial charge in [0.1, 0.15) is 13.2 Å². The van der Waals surface area contributed by atoms with Gasteiger partial charge in [0.05, 0.1) is 40.3 Å². The maximum absolute atomic E-state index is 12.9. The van der Waals surface area contributed by atoms with Crippen LogP contribution in [0.4, 0.5) is 0 Å². The van der Waals surface area contributed by atoms with Crippen LogP contribution < -0.4 is 5.11 Å². The summed E-state index contributed by atoms with van der Waals surface area (Å²) in [6.07, 6.45) is 75.2. The van der Waals surface area contributed by atoms with Crippen molar-refractivity contribution in [1.29, 1.82) is 0 Å². The number of esters is 2. The summed E-state index contributed by atoms with van der Waals surface area (Å²) in [5, 5.41) is 11.8. The van der Waals surface area contributed by atoms with Crippen molar-refractivity contribution in [1.82, 2.24) is 0 Å². The number of ether oxygens (including phenoxy) is 4. The number of aliphatic carboxylic acids is 1. The summed E-state index contributed by atoms with van der Waals surface area (Å²) >= 11 is 0. The Labute approximate surface area is 459 Å². The molecule has 0 aliphatic rings. The summed E-state index contributed by atoms with van der Waals surface area (Å²) in [5.41, 5.74) is 0. The molecule has 0 N–H and O–H groups in total. The van der Waals surface area contributed by atoms with Crippen LogP contribution in [0.5, 0.6) is 0 Å². The third kappa shape index (κ3) is 57.2. The first-order valence-electron chi connectivity index (χ1n) is 29.7. The van der Waals surface area contributed by atoms with Crippen molar-refractivity contribution < 1.29 is 42.9 Å². The molecule has 9 heteroatoms. The van der Waals surface area contributed by atoms with E-state index >= 15 is 0 Å². The molecule has 0 aliphatic heterocycles. The molecule has 2 unspecified atom stereocenters. The van der Waals surface area contributed by atoms with Gasteiger partial charge in [0.15, 0.2) is 12.4 Å². The summed E-state index contributed by atoms with van der Waals surface area (Å²) in [5.74, 6) is -2.31. The standard InChI is InChI=1S/C66H109NO8/c1-6-8-10-12-14-16-18-20-22-24-26-28-29-30-31-32-33-34-35-37-39-41-43-45-47-49-51-53-55-57-64(69)75-62(61-74-66(65(70)71)72-59-58-67(3,4)5)60-73-63(68)56-54-52-50-48-46-44-42-40-38-36-27-25-23-21-19-17-15-13-11-9-7-2/h8-11,14-17,20-23,26-28,30-31,33-34,36,62,66H,6-7,12-13,18-19,24-25,29,32,35,37-61H2,1-5H3/b10-8-,11-9-,16-14-,17-15-,22-20-,23-21-,28-26-,31-30-,34-33-,36-27-. The van der Waals surface area contributed by atoms with Crippen LogP contribution in [0.25, 0.3) is 0 Å². The van der Waals surface area contributed by atoms with Crippen LogP contribution in [0.3, 0.4) is 0 Å². The van der Waals surface area contributed by atoms with Gasteiger partial charge in [-0.15, -0.1) is 0 Å². The zero-order valence-electron chi connectivity index (χ0n) is 48.4. The average molecular weight is 1040 g/mol. The van der Waals surface area contributed by atoms with E-state index in [9.17, 15) is 19.5 Å². The van der Waals surface area contributed by atoms with Gasteiger partial charge in [-0.2, -0.15) is 0 Å². The van der Waals surface area contributed by atoms with Crippen molar-refractivity contribution >= 4 is 17.9 Å². The van der Waals surface area contributed by atoms with Crippen molar-refractivity contribution in [2.45, 2.75) is 232 Å². The van der Waals surface area contributed by atoms with E-state index in [1.165, 1.54) is 64.2 Å². The van der Waals surface area contributed by atoms with Crippen LogP contribution in [0, 0.1) is 0 Å². The number of quaternary nitrogens is 1. The number of carbonyl (C=O) groups excluding carboxylic acids is 3. The van der Waals surface area contributed by atoms with Crippen molar-refractivity contribution in [3.05, 3.63) is 122 Å². The Hall–Kier alpha value is -4.31. The Morgan fingerprint density at radius 2 is 0.720 bits per heavy atom. The molecule has 0 rings (SSSR count). The molecule has 0 radical (unpaired) electrons. The van der Waals surface area contributed by atoms with Gasteiger partial charge in [0, 0.05) is 12.8 Å². The van der Waals surface area contributed by atoms with E-state index < -0.39 is 24.3 Å². The number of hydrogen-bond donors (Lipinski definition) is 0. The Morgan fingerprint density at radius 1 is 0.400 bits per heavy atom. The van der Waals surface area contributed by atoms with Gasteiger partial charge in [-0.05, 0) is 103 Å². The lowest BCUT2D eigenvalue weighted by atomic mass is 10.0. The minimum absolute atomic E-state index is 0.139. The van der Waals surface area contributed by atoms with Gasteiger partial charge >= 0.3 is 11.9 Å². The average Bonchev–Trinajstić information content (AvgIpc) is 3.38. The third-order valence-corrected chi connectivity index (χ3v) is 12.2. The van der Waals surface area contributed by atoms with Gasteiger partial charge in [-0.3, -0.25) is 9.59 Å². The normalized spacial score (nSPS) is 13.7. The summed E-state index contributed by atoms with van der Waals surface area (Å²) < 4.78 is 22.7. The highest BCUT2D eigenvalue weighted by atomic mass is 16.7. The molecular weight excluding hydrogens is 935 g/mol. The number of hydrogen-bond acceptors (Lipinski definition) is 8. The van der Waals surface area contributed by atoms with E-state index in [1.54, 1.807) is 0 Å². The van der Waals surface area contributed by atoms with E-state index in [0.717, 1.165) is 122 Å². The van der Waals surface area contributed by atoms with Crippen LogP contribution in [0.2, 0.25) is 0 Å². The highest BCUT2D eigenvalue weighted by Gasteiger charge is 2.22. The molecule has 9 nitrogen and oxygen atoms in total. The molecule has 0 heterocycles. The topological polar surface area (TPSA) is 111 Å². The number of unbranched alkanes of at least 4 members (excludes halogenated alkanes) is 18. The number of carboxylic acids is 1. The summed E-state index contributed by atoms with van der Waals surface area (Å²) in [6, 6.07) is 0. The fraction of sp³-hybridized carbons (Fsp3) is 0.652. The van der Waals surface area contributed by atoms with E-state index in [0.29, 0.717) is 17.4 Å². The van der Waals surface area contributed by atoms with Crippen LogP contribution in [0.15, 0.2) is 122 Å². The Kier molecular flexibility index (Phi) is 52.7. The smallest absolute Gasteiger partial charge is 0.306 e. The van der Waals surface area contributed by atoms with Crippen LogP contribution >= 0.6 is 0 Å². The number of carbonyl (C=O) groups is 3. The fourth-order valence-corrected chi connectivity index (χ4v) is 7.71. The van der Waals surface area contributed by atoms with Gasteiger partial charge in [0.2, 0.25) is 0 Å². The van der Waals surface area contributed by atoms with Crippen molar-refractivity contribution in [3.63, 3.8) is 0 Å². The highest BCUT2D eigenvalue weighted by Crippen LogP contribution is 2.15. The molecule has 0 fully saturated rings. The minimum Gasteiger partial charge on any atom is -0.545 e. The first-order chi connectivity index (χ1) is 36.6. The third-order valence-electron chi connectivity index (χ3n) is 12.2. The molecule has 75 heavy (non-hydrogen) atoms. The zero-order chi connectivity index (χ0) is 54.8. The van der Waals surface area contributed by atoms with E-state index in [1.807, 2.05) is 21.1 Å². The molecule has 0 bridgehead atoms.